The van der Waals surface area contributed by atoms with Crippen molar-refractivity contribution in [3.63, 3.8) is 0 Å². The summed E-state index contributed by atoms with van der Waals surface area (Å²) < 4.78 is 17.1. The third kappa shape index (κ3) is 5.21. The number of hydrogen-bond acceptors (Lipinski definition) is 4. The van der Waals surface area contributed by atoms with Crippen molar-refractivity contribution < 1.29 is 18.7 Å². The van der Waals surface area contributed by atoms with E-state index in [9.17, 15) is 4.79 Å². The molecule has 5 nitrogen and oxygen atoms in total. The molecule has 5 heteroatoms. The van der Waals surface area contributed by atoms with Crippen LogP contribution in [0.15, 0.2) is 95.6 Å². The van der Waals surface area contributed by atoms with Crippen LogP contribution < -0.4 is 14.8 Å². The Hall–Kier alpha value is -4.51. The molecule has 1 aromatic heterocycles. The van der Waals surface area contributed by atoms with E-state index in [1.54, 1.807) is 19.4 Å². The van der Waals surface area contributed by atoms with Gasteiger partial charge in [0.15, 0.2) is 0 Å². The molecule has 37 heavy (non-hydrogen) atoms. The summed E-state index contributed by atoms with van der Waals surface area (Å²) in [7, 11) is 1.63. The average Bonchev–Trinajstić information content (AvgIpc) is 3.34. The maximum atomic E-state index is 12.7. The van der Waals surface area contributed by atoms with Crippen molar-refractivity contribution in [2.24, 2.45) is 0 Å². The Labute approximate surface area is 216 Å². The van der Waals surface area contributed by atoms with Crippen molar-refractivity contribution in [1.29, 1.82) is 0 Å². The molecule has 1 amide bonds. The Bertz CT molecular complexity index is 1600. The van der Waals surface area contributed by atoms with E-state index in [4.69, 9.17) is 13.9 Å². The van der Waals surface area contributed by atoms with Crippen LogP contribution in [0.2, 0.25) is 0 Å². The number of allylic oxidation sites excluding steroid dienone is 1. The third-order valence-corrected chi connectivity index (χ3v) is 6.43. The van der Waals surface area contributed by atoms with Gasteiger partial charge in [-0.15, -0.1) is 0 Å². The monoisotopic (exact) mass is 491 g/mol. The van der Waals surface area contributed by atoms with Crippen LogP contribution in [0.4, 0.5) is 0 Å². The first-order chi connectivity index (χ1) is 18.1. The van der Waals surface area contributed by atoms with E-state index < -0.39 is 0 Å². The van der Waals surface area contributed by atoms with Gasteiger partial charge in [0, 0.05) is 35.2 Å². The lowest BCUT2D eigenvalue weighted by Gasteiger charge is -2.12. The summed E-state index contributed by atoms with van der Waals surface area (Å²) in [6.45, 7) is 4.80. The zero-order chi connectivity index (χ0) is 25.8. The van der Waals surface area contributed by atoms with E-state index in [1.807, 2.05) is 56.3 Å². The van der Waals surface area contributed by atoms with E-state index in [2.05, 4.69) is 41.7 Å². The lowest BCUT2D eigenvalue weighted by atomic mass is 9.97. The summed E-state index contributed by atoms with van der Waals surface area (Å²) in [5.74, 6) is 1.30. The molecule has 5 aromatic rings. The molecule has 5 rings (SSSR count). The van der Waals surface area contributed by atoms with E-state index in [-0.39, 0.29) is 5.91 Å². The van der Waals surface area contributed by atoms with Crippen molar-refractivity contribution in [2.45, 2.75) is 20.4 Å². The largest absolute Gasteiger partial charge is 0.497 e. The number of nitrogens with one attached hydrogen (secondary N) is 1. The van der Waals surface area contributed by atoms with Crippen LogP contribution in [0.25, 0.3) is 38.4 Å². The quantitative estimate of drug-likeness (QED) is 0.230. The molecule has 0 aliphatic rings. The Morgan fingerprint density at radius 3 is 2.51 bits per heavy atom. The van der Waals surface area contributed by atoms with Crippen molar-refractivity contribution in [3.8, 4) is 22.6 Å². The van der Waals surface area contributed by atoms with Crippen LogP contribution in [0, 0.1) is 0 Å². The molecular weight excluding hydrogens is 462 g/mol. The standard InChI is InChI=1S/C32H29NO4/c1-4-36-30-18-31-28(29(20-37-31)25-12-11-23-7-5-6-8-24(23)16-25)17-27(30)21(2)15-32(34)33-19-22-9-13-26(35-3)14-10-22/h5-18,20H,4,19H2,1-3H3,(H,33,34)/b21-15+. The molecule has 1 N–H and O–H groups in total. The van der Waals surface area contributed by atoms with Crippen LogP contribution in [-0.4, -0.2) is 19.6 Å². The first-order valence-electron chi connectivity index (χ1n) is 12.3. The highest BCUT2D eigenvalue weighted by molar-refractivity contribution is 6.01. The predicted molar refractivity (Wildman–Crippen MR) is 149 cm³/mol. The molecule has 4 aromatic carbocycles. The van der Waals surface area contributed by atoms with Gasteiger partial charge in [-0.2, -0.15) is 0 Å². The molecule has 0 bridgehead atoms. The number of rotatable bonds is 8. The van der Waals surface area contributed by atoms with Gasteiger partial charge < -0.3 is 19.2 Å². The minimum Gasteiger partial charge on any atom is -0.497 e. The molecule has 0 aliphatic heterocycles. The molecule has 0 saturated heterocycles. The van der Waals surface area contributed by atoms with E-state index in [1.165, 1.54) is 10.8 Å². The summed E-state index contributed by atoms with van der Waals surface area (Å²) in [5, 5.41) is 6.30. The molecule has 0 atom stereocenters. The second-order valence-corrected chi connectivity index (χ2v) is 8.88. The summed E-state index contributed by atoms with van der Waals surface area (Å²) in [5.41, 5.74) is 5.48. The normalized spacial score (nSPS) is 11.6. The topological polar surface area (TPSA) is 60.7 Å². The maximum absolute atomic E-state index is 12.7. The van der Waals surface area contributed by atoms with Gasteiger partial charge in [0.1, 0.15) is 17.1 Å². The first-order valence-corrected chi connectivity index (χ1v) is 12.3. The summed E-state index contributed by atoms with van der Waals surface area (Å²) >= 11 is 0. The lowest BCUT2D eigenvalue weighted by molar-refractivity contribution is -0.116. The smallest absolute Gasteiger partial charge is 0.244 e. The summed E-state index contributed by atoms with van der Waals surface area (Å²) in [4.78, 5) is 12.7. The van der Waals surface area contributed by atoms with Crippen LogP contribution >= 0.6 is 0 Å². The van der Waals surface area contributed by atoms with Crippen molar-refractivity contribution in [3.05, 3.63) is 102 Å². The van der Waals surface area contributed by atoms with E-state index in [0.717, 1.165) is 44.5 Å². The summed E-state index contributed by atoms with van der Waals surface area (Å²) in [6, 6.07) is 26.3. The van der Waals surface area contributed by atoms with Crippen molar-refractivity contribution >= 4 is 33.2 Å². The highest BCUT2D eigenvalue weighted by atomic mass is 16.5. The summed E-state index contributed by atoms with van der Waals surface area (Å²) in [6.07, 6.45) is 3.40. The van der Waals surface area contributed by atoms with Crippen LogP contribution in [-0.2, 0) is 11.3 Å². The minimum absolute atomic E-state index is 0.169. The molecule has 0 saturated carbocycles. The second-order valence-electron chi connectivity index (χ2n) is 8.88. The van der Waals surface area contributed by atoms with Gasteiger partial charge >= 0.3 is 0 Å². The molecule has 0 unspecified atom stereocenters. The van der Waals surface area contributed by atoms with Crippen LogP contribution in [0.3, 0.4) is 0 Å². The van der Waals surface area contributed by atoms with Gasteiger partial charge in [0.25, 0.3) is 0 Å². The number of amides is 1. The van der Waals surface area contributed by atoms with E-state index in [0.29, 0.717) is 18.9 Å². The lowest BCUT2D eigenvalue weighted by Crippen LogP contribution is -2.20. The fourth-order valence-corrected chi connectivity index (χ4v) is 4.48. The predicted octanol–water partition coefficient (Wildman–Crippen LogP) is 7.38. The zero-order valence-corrected chi connectivity index (χ0v) is 21.2. The Morgan fingerprint density at radius 1 is 0.973 bits per heavy atom. The molecular formula is C32H29NO4. The van der Waals surface area contributed by atoms with Gasteiger partial charge in [-0.1, -0.05) is 48.5 Å². The number of hydrogen-bond donors (Lipinski definition) is 1. The highest BCUT2D eigenvalue weighted by Gasteiger charge is 2.15. The van der Waals surface area contributed by atoms with Gasteiger partial charge in [0.05, 0.1) is 20.0 Å². The SMILES string of the molecule is CCOc1cc2occ(-c3ccc4ccccc4c3)c2cc1/C(C)=C/C(=O)NCc1ccc(OC)cc1. The maximum Gasteiger partial charge on any atom is 0.244 e. The Kier molecular flexibility index (Phi) is 6.95. The molecule has 0 fully saturated rings. The molecule has 0 radical (unpaired) electrons. The third-order valence-electron chi connectivity index (χ3n) is 6.43. The molecule has 0 aliphatic carbocycles. The highest BCUT2D eigenvalue weighted by Crippen LogP contribution is 2.38. The second kappa shape index (κ2) is 10.6. The van der Waals surface area contributed by atoms with E-state index >= 15 is 0 Å². The number of fused-ring (bicyclic) bond motifs is 2. The zero-order valence-electron chi connectivity index (χ0n) is 21.2. The number of carbonyl (C=O) groups excluding carboxylic acids is 1. The van der Waals surface area contributed by atoms with Gasteiger partial charge in [-0.05, 0) is 65.6 Å². The van der Waals surface area contributed by atoms with Gasteiger partial charge in [-0.3, -0.25) is 4.79 Å². The molecule has 0 spiro atoms. The Morgan fingerprint density at radius 2 is 1.76 bits per heavy atom. The van der Waals surface area contributed by atoms with Gasteiger partial charge in [0.2, 0.25) is 5.91 Å². The van der Waals surface area contributed by atoms with Crippen molar-refractivity contribution in [2.75, 3.05) is 13.7 Å². The fourth-order valence-electron chi connectivity index (χ4n) is 4.48. The number of methoxy groups -OCH3 is 1. The number of ether oxygens (including phenoxy) is 2. The minimum atomic E-state index is -0.169. The first kappa shape index (κ1) is 24.2. The number of benzene rings is 4. The number of carbonyl (C=O) groups is 1. The molecule has 186 valence electrons. The molecule has 1 heterocycles. The fraction of sp³-hybridized carbons (Fsp3) is 0.156. The average molecular weight is 492 g/mol. The van der Waals surface area contributed by atoms with Crippen molar-refractivity contribution in [1.82, 2.24) is 5.32 Å². The number of furan rings is 1. The van der Waals surface area contributed by atoms with Crippen LogP contribution in [0.5, 0.6) is 11.5 Å². The van der Waals surface area contributed by atoms with Crippen LogP contribution in [0.1, 0.15) is 25.0 Å². The van der Waals surface area contributed by atoms with Gasteiger partial charge in [-0.25, -0.2) is 0 Å². The Balaban J connectivity index is 1.45.